The van der Waals surface area contributed by atoms with Gasteiger partial charge in [0.05, 0.1) is 0 Å². The van der Waals surface area contributed by atoms with E-state index in [-0.39, 0.29) is 5.90 Å². The Hall–Kier alpha value is -2.16. The minimum Gasteiger partial charge on any atom is -0.404 e. The zero-order valence-corrected chi connectivity index (χ0v) is 7.94. The zero-order chi connectivity index (χ0) is 10.7. The van der Waals surface area contributed by atoms with Gasteiger partial charge in [0.25, 0.3) is 0 Å². The Balaban J connectivity index is 2.16. The van der Waals surface area contributed by atoms with Gasteiger partial charge in [0, 0.05) is 11.6 Å². The van der Waals surface area contributed by atoms with Gasteiger partial charge >= 0.3 is 5.97 Å². The lowest BCUT2D eigenvalue weighted by Gasteiger charge is -1.93. The molecule has 1 aliphatic heterocycles. The van der Waals surface area contributed by atoms with E-state index in [9.17, 15) is 4.79 Å². The van der Waals surface area contributed by atoms with Gasteiger partial charge in [0.15, 0.2) is 0 Å². The second-order valence-corrected chi connectivity index (χ2v) is 3.09. The van der Waals surface area contributed by atoms with Gasteiger partial charge < -0.3 is 4.74 Å². The first-order chi connectivity index (χ1) is 7.25. The Morgan fingerprint density at radius 2 is 1.87 bits per heavy atom. The quantitative estimate of drug-likeness (QED) is 0.742. The molecule has 0 amide bonds. The molecular weight excluding hydrogens is 190 g/mol. The minimum atomic E-state index is -0.479. The lowest BCUT2D eigenvalue weighted by atomic mass is 10.1. The van der Waals surface area contributed by atoms with Crippen LogP contribution in [-0.2, 0) is 9.53 Å². The molecule has 0 unspecified atom stereocenters. The molecule has 1 aromatic rings. The SMILES string of the molecule is N=C1OC(=O)C=C1C=Cc1ccccc1. The molecule has 1 heterocycles. The molecule has 0 spiro atoms. The third-order valence-corrected chi connectivity index (χ3v) is 1.99. The van der Waals surface area contributed by atoms with Crippen LogP contribution in [-0.4, -0.2) is 11.9 Å². The third kappa shape index (κ3) is 2.20. The van der Waals surface area contributed by atoms with E-state index in [4.69, 9.17) is 5.41 Å². The van der Waals surface area contributed by atoms with E-state index in [2.05, 4.69) is 4.74 Å². The number of carbonyl (C=O) groups excluding carboxylic acids is 1. The number of nitrogens with one attached hydrogen (secondary N) is 1. The highest BCUT2D eigenvalue weighted by Crippen LogP contribution is 2.12. The van der Waals surface area contributed by atoms with Crippen molar-refractivity contribution in [1.29, 1.82) is 5.41 Å². The number of ether oxygens (including phenoxy) is 1. The van der Waals surface area contributed by atoms with Gasteiger partial charge in [0.2, 0.25) is 5.90 Å². The molecule has 3 heteroatoms. The Bertz CT molecular complexity index is 458. The van der Waals surface area contributed by atoms with Crippen molar-refractivity contribution in [1.82, 2.24) is 0 Å². The molecule has 1 aromatic carbocycles. The summed E-state index contributed by atoms with van der Waals surface area (Å²) in [7, 11) is 0. The highest BCUT2D eigenvalue weighted by atomic mass is 16.5. The van der Waals surface area contributed by atoms with Crippen molar-refractivity contribution in [3.63, 3.8) is 0 Å². The van der Waals surface area contributed by atoms with Gasteiger partial charge in [-0.3, -0.25) is 5.41 Å². The minimum absolute atomic E-state index is 0.0906. The molecule has 3 nitrogen and oxygen atoms in total. The van der Waals surface area contributed by atoms with Gasteiger partial charge in [-0.15, -0.1) is 0 Å². The van der Waals surface area contributed by atoms with E-state index >= 15 is 0 Å². The number of benzene rings is 1. The van der Waals surface area contributed by atoms with Crippen LogP contribution in [0.2, 0.25) is 0 Å². The molecule has 1 aliphatic rings. The summed E-state index contributed by atoms with van der Waals surface area (Å²) in [5.41, 5.74) is 1.52. The summed E-state index contributed by atoms with van der Waals surface area (Å²) in [4.78, 5) is 10.8. The average molecular weight is 199 g/mol. The molecule has 1 N–H and O–H groups in total. The van der Waals surface area contributed by atoms with Crippen LogP contribution >= 0.6 is 0 Å². The zero-order valence-electron chi connectivity index (χ0n) is 7.94. The van der Waals surface area contributed by atoms with Crippen LogP contribution in [0.4, 0.5) is 0 Å². The van der Waals surface area contributed by atoms with E-state index in [1.54, 1.807) is 6.08 Å². The maximum Gasteiger partial charge on any atom is 0.338 e. The van der Waals surface area contributed by atoms with Gasteiger partial charge in [-0.2, -0.15) is 0 Å². The van der Waals surface area contributed by atoms with Crippen LogP contribution in [0.5, 0.6) is 0 Å². The van der Waals surface area contributed by atoms with Crippen LogP contribution in [0.1, 0.15) is 5.56 Å². The van der Waals surface area contributed by atoms with Crippen molar-refractivity contribution >= 4 is 17.9 Å². The number of rotatable bonds is 2. The maximum absolute atomic E-state index is 10.8. The molecule has 2 rings (SSSR count). The Kier molecular flexibility index (Phi) is 2.46. The van der Waals surface area contributed by atoms with Crippen molar-refractivity contribution in [2.45, 2.75) is 0 Å². The second-order valence-electron chi connectivity index (χ2n) is 3.09. The molecule has 0 atom stereocenters. The molecule has 0 aromatic heterocycles. The predicted molar refractivity (Wildman–Crippen MR) is 57.4 cm³/mol. The van der Waals surface area contributed by atoms with Crippen molar-refractivity contribution in [3.05, 3.63) is 53.6 Å². The molecular formula is C12H9NO2. The summed E-state index contributed by atoms with van der Waals surface area (Å²) in [6.07, 6.45) is 4.84. The van der Waals surface area contributed by atoms with E-state index < -0.39 is 5.97 Å². The highest BCUT2D eigenvalue weighted by Gasteiger charge is 2.17. The van der Waals surface area contributed by atoms with E-state index in [0.29, 0.717) is 5.57 Å². The summed E-state index contributed by atoms with van der Waals surface area (Å²) in [6, 6.07) is 9.67. The maximum atomic E-state index is 10.8. The van der Waals surface area contributed by atoms with Gasteiger partial charge in [-0.05, 0) is 11.6 Å². The standard InChI is InChI=1S/C12H9NO2/c13-12-10(8-11(14)15-12)7-6-9-4-2-1-3-5-9/h1-8,13H. The fourth-order valence-electron chi connectivity index (χ4n) is 1.26. The van der Waals surface area contributed by atoms with Crippen LogP contribution in [0.15, 0.2) is 48.1 Å². The molecule has 0 radical (unpaired) electrons. The lowest BCUT2D eigenvalue weighted by molar-refractivity contribution is -0.129. The first-order valence-corrected chi connectivity index (χ1v) is 4.51. The van der Waals surface area contributed by atoms with Gasteiger partial charge in [0.1, 0.15) is 0 Å². The predicted octanol–water partition coefficient (Wildman–Crippen LogP) is 2.16. The molecule has 0 bridgehead atoms. The van der Waals surface area contributed by atoms with Crippen molar-refractivity contribution in [3.8, 4) is 0 Å². The van der Waals surface area contributed by atoms with E-state index in [1.807, 2.05) is 36.4 Å². The topological polar surface area (TPSA) is 50.1 Å². The van der Waals surface area contributed by atoms with E-state index in [1.165, 1.54) is 6.08 Å². The second kappa shape index (κ2) is 3.92. The molecule has 74 valence electrons. The number of hydrogen-bond acceptors (Lipinski definition) is 3. The first kappa shape index (κ1) is 9.40. The normalized spacial score (nSPS) is 15.6. The van der Waals surface area contributed by atoms with Crippen LogP contribution in [0, 0.1) is 5.41 Å². The van der Waals surface area contributed by atoms with Crippen molar-refractivity contribution in [2.75, 3.05) is 0 Å². The summed E-state index contributed by atoms with van der Waals surface area (Å²) in [5.74, 6) is -0.570. The summed E-state index contributed by atoms with van der Waals surface area (Å²) >= 11 is 0. The third-order valence-electron chi connectivity index (χ3n) is 1.99. The lowest BCUT2D eigenvalue weighted by Crippen LogP contribution is -1.99. The molecule has 0 saturated heterocycles. The van der Waals surface area contributed by atoms with Gasteiger partial charge in [-0.25, -0.2) is 4.79 Å². The monoisotopic (exact) mass is 199 g/mol. The summed E-state index contributed by atoms with van der Waals surface area (Å²) in [6.45, 7) is 0. The van der Waals surface area contributed by atoms with E-state index in [0.717, 1.165) is 5.56 Å². The Labute approximate surface area is 87.2 Å². The fraction of sp³-hybridized carbons (Fsp3) is 0. The fourth-order valence-corrected chi connectivity index (χ4v) is 1.26. The summed E-state index contributed by atoms with van der Waals surface area (Å²) < 4.78 is 4.56. The van der Waals surface area contributed by atoms with Crippen molar-refractivity contribution in [2.24, 2.45) is 0 Å². The largest absolute Gasteiger partial charge is 0.404 e. The number of cyclic esters (lactones) is 1. The van der Waals surface area contributed by atoms with Crippen molar-refractivity contribution < 1.29 is 9.53 Å². The molecule has 0 fully saturated rings. The Morgan fingerprint density at radius 1 is 1.13 bits per heavy atom. The number of carbonyl (C=O) groups is 1. The number of hydrogen-bond donors (Lipinski definition) is 1. The first-order valence-electron chi connectivity index (χ1n) is 4.51. The molecule has 0 aliphatic carbocycles. The Morgan fingerprint density at radius 3 is 2.47 bits per heavy atom. The smallest absolute Gasteiger partial charge is 0.338 e. The molecule has 15 heavy (non-hydrogen) atoms. The van der Waals surface area contributed by atoms with Gasteiger partial charge in [-0.1, -0.05) is 36.4 Å². The number of esters is 1. The van der Waals surface area contributed by atoms with Crippen LogP contribution in [0.3, 0.4) is 0 Å². The van der Waals surface area contributed by atoms with Crippen LogP contribution in [0.25, 0.3) is 6.08 Å². The average Bonchev–Trinajstić information content (AvgIpc) is 2.56. The van der Waals surface area contributed by atoms with Crippen LogP contribution < -0.4 is 0 Å². The molecule has 0 saturated carbocycles. The highest BCUT2D eigenvalue weighted by molar-refractivity contribution is 6.12. The summed E-state index contributed by atoms with van der Waals surface area (Å²) in [5, 5.41) is 7.34.